The van der Waals surface area contributed by atoms with Crippen molar-refractivity contribution in [1.82, 2.24) is 4.90 Å². The van der Waals surface area contributed by atoms with E-state index in [0.717, 1.165) is 55.3 Å². The zero-order valence-electron chi connectivity index (χ0n) is 21.1. The van der Waals surface area contributed by atoms with Crippen molar-refractivity contribution in [3.8, 4) is 22.6 Å². The van der Waals surface area contributed by atoms with Crippen molar-refractivity contribution in [1.29, 1.82) is 0 Å². The minimum Gasteiger partial charge on any atom is -0.497 e. The van der Waals surface area contributed by atoms with Gasteiger partial charge in [0.2, 0.25) is 5.43 Å². The molecular formula is C30H32N2O4. The third-order valence-corrected chi connectivity index (χ3v) is 6.97. The Morgan fingerprint density at radius 3 is 2.31 bits per heavy atom. The van der Waals surface area contributed by atoms with Crippen molar-refractivity contribution >= 4 is 16.7 Å². The molecular weight excluding hydrogens is 452 g/mol. The lowest BCUT2D eigenvalue weighted by Crippen LogP contribution is -2.47. The number of anilines is 1. The first kappa shape index (κ1) is 23.9. The van der Waals surface area contributed by atoms with Gasteiger partial charge in [0.05, 0.1) is 18.1 Å². The Morgan fingerprint density at radius 2 is 1.61 bits per heavy atom. The monoisotopic (exact) mass is 484 g/mol. The van der Waals surface area contributed by atoms with E-state index in [0.29, 0.717) is 28.9 Å². The van der Waals surface area contributed by atoms with Gasteiger partial charge >= 0.3 is 0 Å². The molecule has 0 aliphatic carbocycles. The summed E-state index contributed by atoms with van der Waals surface area (Å²) in [7, 11) is 1.62. The molecule has 0 saturated carbocycles. The summed E-state index contributed by atoms with van der Waals surface area (Å²) in [6, 6.07) is 21.7. The molecule has 5 rings (SSSR count). The molecule has 0 atom stereocenters. The Morgan fingerprint density at radius 1 is 0.889 bits per heavy atom. The van der Waals surface area contributed by atoms with E-state index in [1.54, 1.807) is 7.11 Å². The summed E-state index contributed by atoms with van der Waals surface area (Å²) in [5.41, 5.74) is 4.07. The fraction of sp³-hybridized carbons (Fsp3) is 0.300. The molecule has 1 aliphatic heterocycles. The SMILES string of the molecule is COc1ccc(-c2c(C)oc3c(C)c(OCCN4CCN(c5ccccc5)CC4)ccc3c2=O)cc1. The molecule has 36 heavy (non-hydrogen) atoms. The molecule has 4 aromatic rings. The molecule has 0 unspecified atom stereocenters. The van der Waals surface area contributed by atoms with Gasteiger partial charge in [-0.05, 0) is 55.8 Å². The molecule has 3 aromatic carbocycles. The van der Waals surface area contributed by atoms with Crippen LogP contribution in [0, 0.1) is 13.8 Å². The molecule has 6 heteroatoms. The van der Waals surface area contributed by atoms with Crippen molar-refractivity contribution in [2.24, 2.45) is 0 Å². The molecule has 186 valence electrons. The van der Waals surface area contributed by atoms with Crippen molar-refractivity contribution in [3.05, 3.63) is 88.3 Å². The van der Waals surface area contributed by atoms with Gasteiger partial charge in [0.25, 0.3) is 0 Å². The molecule has 0 bridgehead atoms. The summed E-state index contributed by atoms with van der Waals surface area (Å²) in [6.07, 6.45) is 0. The van der Waals surface area contributed by atoms with Crippen LogP contribution < -0.4 is 19.8 Å². The van der Waals surface area contributed by atoms with Crippen LogP contribution in [0.15, 0.2) is 75.9 Å². The third kappa shape index (κ3) is 4.82. The van der Waals surface area contributed by atoms with Crippen LogP contribution in [0.4, 0.5) is 5.69 Å². The van der Waals surface area contributed by atoms with Gasteiger partial charge in [0, 0.05) is 44.0 Å². The van der Waals surface area contributed by atoms with Gasteiger partial charge in [-0.1, -0.05) is 30.3 Å². The van der Waals surface area contributed by atoms with Crippen LogP contribution >= 0.6 is 0 Å². The fourth-order valence-corrected chi connectivity index (χ4v) is 4.88. The second-order valence-electron chi connectivity index (χ2n) is 9.17. The second-order valence-corrected chi connectivity index (χ2v) is 9.17. The zero-order valence-corrected chi connectivity index (χ0v) is 21.1. The van der Waals surface area contributed by atoms with Crippen LogP contribution in [0.5, 0.6) is 11.5 Å². The zero-order chi connectivity index (χ0) is 25.1. The maximum Gasteiger partial charge on any atom is 0.200 e. The van der Waals surface area contributed by atoms with Crippen LogP contribution in [0.3, 0.4) is 0 Å². The van der Waals surface area contributed by atoms with E-state index >= 15 is 0 Å². The highest BCUT2D eigenvalue weighted by atomic mass is 16.5. The standard InChI is InChI=1S/C30H32N2O4/c1-21-27(35-20-19-31-15-17-32(18-16-31)24-7-5-4-6-8-24)14-13-26-29(33)28(22(2)36-30(21)26)23-9-11-25(34-3)12-10-23/h4-14H,15-20H2,1-3H3. The Labute approximate surface area is 211 Å². The van der Waals surface area contributed by atoms with Gasteiger partial charge in [0.15, 0.2) is 0 Å². The number of rotatable bonds is 7. The van der Waals surface area contributed by atoms with E-state index in [2.05, 4.69) is 40.1 Å². The first-order valence-electron chi connectivity index (χ1n) is 12.4. The minimum atomic E-state index is -0.0372. The van der Waals surface area contributed by atoms with Gasteiger partial charge < -0.3 is 18.8 Å². The molecule has 0 N–H and O–H groups in total. The van der Waals surface area contributed by atoms with Crippen molar-refractivity contribution < 1.29 is 13.9 Å². The van der Waals surface area contributed by atoms with Crippen LogP contribution in [-0.4, -0.2) is 51.3 Å². The molecule has 0 spiro atoms. The largest absolute Gasteiger partial charge is 0.497 e. The summed E-state index contributed by atoms with van der Waals surface area (Å²) >= 11 is 0. The van der Waals surface area contributed by atoms with E-state index in [4.69, 9.17) is 13.9 Å². The predicted octanol–water partition coefficient (Wildman–Crippen LogP) is 5.29. The molecule has 6 nitrogen and oxygen atoms in total. The average Bonchev–Trinajstić information content (AvgIpc) is 2.91. The summed E-state index contributed by atoms with van der Waals surface area (Å²) in [5, 5.41) is 0.563. The first-order chi connectivity index (χ1) is 17.5. The number of para-hydroxylation sites is 1. The molecule has 1 fully saturated rings. The Bertz CT molecular complexity index is 1390. The number of fused-ring (bicyclic) bond motifs is 1. The number of benzene rings is 3. The van der Waals surface area contributed by atoms with Gasteiger partial charge in [-0.25, -0.2) is 0 Å². The van der Waals surface area contributed by atoms with Crippen LogP contribution in [0.1, 0.15) is 11.3 Å². The third-order valence-electron chi connectivity index (χ3n) is 6.97. The van der Waals surface area contributed by atoms with E-state index in [-0.39, 0.29) is 5.43 Å². The molecule has 1 aromatic heterocycles. The highest BCUT2D eigenvalue weighted by Gasteiger charge is 2.19. The first-order valence-corrected chi connectivity index (χ1v) is 12.4. The fourth-order valence-electron chi connectivity index (χ4n) is 4.88. The smallest absolute Gasteiger partial charge is 0.200 e. The number of aryl methyl sites for hydroxylation is 2. The Kier molecular flexibility index (Phi) is 6.96. The van der Waals surface area contributed by atoms with Crippen LogP contribution in [0.2, 0.25) is 0 Å². The van der Waals surface area contributed by atoms with E-state index < -0.39 is 0 Å². The summed E-state index contributed by atoms with van der Waals surface area (Å²) in [4.78, 5) is 18.2. The van der Waals surface area contributed by atoms with E-state index in [1.807, 2.05) is 50.2 Å². The quantitative estimate of drug-likeness (QED) is 0.356. The Hall–Kier alpha value is -3.77. The van der Waals surface area contributed by atoms with Gasteiger partial charge in [-0.15, -0.1) is 0 Å². The van der Waals surface area contributed by atoms with Gasteiger partial charge in [0.1, 0.15) is 29.4 Å². The second kappa shape index (κ2) is 10.5. The van der Waals surface area contributed by atoms with Gasteiger partial charge in [-0.2, -0.15) is 0 Å². The lowest BCUT2D eigenvalue weighted by atomic mass is 10.0. The number of hydrogen-bond donors (Lipinski definition) is 0. The van der Waals surface area contributed by atoms with Crippen molar-refractivity contribution in [2.75, 3.05) is 51.3 Å². The molecule has 0 radical (unpaired) electrons. The predicted molar refractivity (Wildman–Crippen MR) is 145 cm³/mol. The van der Waals surface area contributed by atoms with Crippen LogP contribution in [-0.2, 0) is 0 Å². The summed E-state index contributed by atoms with van der Waals surface area (Å²) in [6.45, 7) is 9.28. The highest BCUT2D eigenvalue weighted by Crippen LogP contribution is 2.31. The van der Waals surface area contributed by atoms with Gasteiger partial charge in [-0.3, -0.25) is 9.69 Å². The highest BCUT2D eigenvalue weighted by molar-refractivity contribution is 5.86. The topological polar surface area (TPSA) is 55.2 Å². The number of ether oxygens (including phenoxy) is 2. The maximum atomic E-state index is 13.4. The van der Waals surface area contributed by atoms with Crippen LogP contribution in [0.25, 0.3) is 22.1 Å². The van der Waals surface area contributed by atoms with E-state index in [1.165, 1.54) is 5.69 Å². The van der Waals surface area contributed by atoms with E-state index in [9.17, 15) is 4.79 Å². The molecule has 1 saturated heterocycles. The normalized spacial score (nSPS) is 14.2. The number of piperazine rings is 1. The molecule has 1 aliphatic rings. The van der Waals surface area contributed by atoms with Crippen molar-refractivity contribution in [2.45, 2.75) is 13.8 Å². The lowest BCUT2D eigenvalue weighted by molar-refractivity contribution is 0.200. The summed E-state index contributed by atoms with van der Waals surface area (Å²) in [5.74, 6) is 2.09. The molecule has 2 heterocycles. The average molecular weight is 485 g/mol. The maximum absolute atomic E-state index is 13.4. The Balaban J connectivity index is 1.26. The lowest BCUT2D eigenvalue weighted by Gasteiger charge is -2.36. The number of hydrogen-bond acceptors (Lipinski definition) is 6. The summed E-state index contributed by atoms with van der Waals surface area (Å²) < 4.78 is 17.6. The number of nitrogens with zero attached hydrogens (tertiary/aromatic N) is 2. The van der Waals surface area contributed by atoms with Crippen molar-refractivity contribution in [3.63, 3.8) is 0 Å². The number of methoxy groups -OCH3 is 1. The minimum absolute atomic E-state index is 0.0372. The molecule has 0 amide bonds.